The number of carbonyl (C=O) groups is 1. The number of nitrogens with one attached hydrogen (secondary N) is 1. The lowest BCUT2D eigenvalue weighted by molar-refractivity contribution is -0.124. The lowest BCUT2D eigenvalue weighted by Crippen LogP contribution is -2.29. The molecule has 0 radical (unpaired) electrons. The van der Waals surface area contributed by atoms with Crippen molar-refractivity contribution in [2.45, 2.75) is 46.5 Å². The minimum absolute atomic E-state index is 0.00184. The molecule has 0 atom stereocenters. The Labute approximate surface area is 136 Å². The zero-order valence-corrected chi connectivity index (χ0v) is 14.2. The number of amides is 1. The van der Waals surface area contributed by atoms with Gasteiger partial charge >= 0.3 is 0 Å². The van der Waals surface area contributed by atoms with Gasteiger partial charge in [0, 0.05) is 11.8 Å². The average molecular weight is 317 g/mol. The van der Waals surface area contributed by atoms with E-state index < -0.39 is 0 Å². The number of hydrogen-bond donors (Lipinski definition) is 1. The molecule has 118 valence electrons. The predicted octanol–water partition coefficient (Wildman–Crippen LogP) is 4.09. The summed E-state index contributed by atoms with van der Waals surface area (Å²) in [6.07, 6.45) is 3.75. The first-order chi connectivity index (χ1) is 10.5. The number of anilines is 1. The second-order valence-electron chi connectivity index (χ2n) is 6.03. The van der Waals surface area contributed by atoms with Gasteiger partial charge in [-0.25, -0.2) is 0 Å². The quantitative estimate of drug-likeness (QED) is 0.837. The van der Waals surface area contributed by atoms with Crippen molar-refractivity contribution in [2.75, 3.05) is 5.32 Å². The molecule has 0 fully saturated rings. The van der Waals surface area contributed by atoms with E-state index in [4.69, 9.17) is 0 Å². The van der Waals surface area contributed by atoms with Crippen molar-refractivity contribution in [1.29, 1.82) is 0 Å². The highest BCUT2D eigenvalue weighted by Crippen LogP contribution is 2.24. The smallest absolute Gasteiger partial charge is 0.231 e. The second-order valence-corrected chi connectivity index (χ2v) is 7.09. The zero-order chi connectivity index (χ0) is 16.0. The van der Waals surface area contributed by atoms with E-state index in [2.05, 4.69) is 39.8 Å². The largest absolute Gasteiger partial charge is 0.300 e. The molecule has 0 aliphatic carbocycles. The van der Waals surface area contributed by atoms with Gasteiger partial charge in [0.1, 0.15) is 5.01 Å². The van der Waals surface area contributed by atoms with Crippen LogP contribution in [0.25, 0.3) is 0 Å². The van der Waals surface area contributed by atoms with Gasteiger partial charge in [0.2, 0.25) is 11.0 Å². The number of carbonyl (C=O) groups excluding carboxylic acids is 1. The van der Waals surface area contributed by atoms with Gasteiger partial charge in [-0.15, -0.1) is 10.2 Å². The van der Waals surface area contributed by atoms with Crippen LogP contribution in [0.3, 0.4) is 0 Å². The van der Waals surface area contributed by atoms with Crippen molar-refractivity contribution < 1.29 is 4.79 Å². The summed E-state index contributed by atoms with van der Waals surface area (Å²) in [4.78, 5) is 12.1. The highest BCUT2D eigenvalue weighted by Gasteiger charge is 2.26. The number of aromatic nitrogens is 2. The maximum Gasteiger partial charge on any atom is 0.231 e. The van der Waals surface area contributed by atoms with Gasteiger partial charge in [-0.3, -0.25) is 4.79 Å². The van der Waals surface area contributed by atoms with E-state index in [0.717, 1.165) is 30.7 Å². The Morgan fingerprint density at radius 1 is 1.18 bits per heavy atom. The zero-order valence-electron chi connectivity index (χ0n) is 13.4. The fourth-order valence-corrected chi connectivity index (χ4v) is 2.70. The van der Waals surface area contributed by atoms with Gasteiger partial charge in [-0.2, -0.15) is 0 Å². The van der Waals surface area contributed by atoms with Crippen LogP contribution in [0.1, 0.15) is 44.2 Å². The van der Waals surface area contributed by atoms with Crippen molar-refractivity contribution in [3.8, 4) is 0 Å². The molecule has 0 saturated heterocycles. The molecule has 1 heterocycles. The average Bonchev–Trinajstić information content (AvgIpc) is 2.95. The van der Waals surface area contributed by atoms with Crippen molar-refractivity contribution in [3.05, 3.63) is 40.9 Å². The van der Waals surface area contributed by atoms with Crippen molar-refractivity contribution in [3.63, 3.8) is 0 Å². The molecule has 1 N–H and O–H groups in total. The van der Waals surface area contributed by atoms with E-state index in [0.29, 0.717) is 5.13 Å². The summed E-state index contributed by atoms with van der Waals surface area (Å²) in [6.45, 7) is 5.88. The maximum atomic E-state index is 12.1. The number of nitrogens with zero attached hydrogens (tertiary/aromatic N) is 2. The molecular weight excluding hydrogens is 294 g/mol. The van der Waals surface area contributed by atoms with Gasteiger partial charge in [-0.1, -0.05) is 62.4 Å². The molecule has 4 nitrogen and oxygen atoms in total. The van der Waals surface area contributed by atoms with Gasteiger partial charge in [-0.05, 0) is 24.8 Å². The molecule has 0 saturated carbocycles. The second kappa shape index (κ2) is 7.49. The highest BCUT2D eigenvalue weighted by molar-refractivity contribution is 7.15. The molecule has 0 spiro atoms. The fourth-order valence-electron chi connectivity index (χ4n) is 1.92. The number of rotatable bonds is 7. The normalized spacial score (nSPS) is 11.4. The van der Waals surface area contributed by atoms with E-state index in [1.807, 2.05) is 26.8 Å². The van der Waals surface area contributed by atoms with Gasteiger partial charge in [0.25, 0.3) is 0 Å². The molecule has 2 aromatic rings. The maximum absolute atomic E-state index is 12.1. The Balaban J connectivity index is 1.83. The van der Waals surface area contributed by atoms with Crippen molar-refractivity contribution >= 4 is 22.4 Å². The summed E-state index contributed by atoms with van der Waals surface area (Å²) >= 11 is 1.47. The first-order valence-electron chi connectivity index (χ1n) is 7.69. The monoisotopic (exact) mass is 317 g/mol. The molecule has 1 aromatic heterocycles. The van der Waals surface area contributed by atoms with E-state index in [-0.39, 0.29) is 11.3 Å². The molecule has 0 unspecified atom stereocenters. The summed E-state index contributed by atoms with van der Waals surface area (Å²) in [5, 5.41) is 12.7. The molecule has 5 heteroatoms. The molecular formula is C17H23N3OS. The highest BCUT2D eigenvalue weighted by atomic mass is 32.1. The standard InChI is InChI=1S/C17H23N3OS/c1-4-17(2,3)15(21)18-16-20-19-14(22-16)12-8-11-13-9-6-5-7-10-13/h5-7,9-10H,4,8,11-12H2,1-3H3,(H,18,20,21). The number of hydrogen-bond acceptors (Lipinski definition) is 4. The van der Waals surface area contributed by atoms with Crippen LogP contribution in [0.5, 0.6) is 0 Å². The van der Waals surface area contributed by atoms with Crippen LogP contribution in [-0.4, -0.2) is 16.1 Å². The van der Waals surface area contributed by atoms with Gasteiger partial charge in [0.05, 0.1) is 0 Å². The Morgan fingerprint density at radius 3 is 2.59 bits per heavy atom. The molecule has 0 aliphatic heterocycles. The molecule has 1 amide bonds. The van der Waals surface area contributed by atoms with Crippen LogP contribution >= 0.6 is 11.3 Å². The van der Waals surface area contributed by atoms with Crippen LogP contribution in [0.4, 0.5) is 5.13 Å². The summed E-state index contributed by atoms with van der Waals surface area (Å²) in [6, 6.07) is 10.4. The fraction of sp³-hybridized carbons (Fsp3) is 0.471. The summed E-state index contributed by atoms with van der Waals surface area (Å²) < 4.78 is 0. The molecule has 1 aromatic carbocycles. The van der Waals surface area contributed by atoms with Crippen molar-refractivity contribution in [2.24, 2.45) is 5.41 Å². The molecule has 22 heavy (non-hydrogen) atoms. The molecule has 0 bridgehead atoms. The van der Waals surface area contributed by atoms with E-state index in [1.54, 1.807) is 0 Å². The van der Waals surface area contributed by atoms with Gasteiger partial charge < -0.3 is 5.32 Å². The Bertz CT molecular complexity index is 607. The molecule has 0 aliphatic rings. The lowest BCUT2D eigenvalue weighted by atomic mass is 9.89. The van der Waals surface area contributed by atoms with E-state index in [9.17, 15) is 4.79 Å². The first-order valence-corrected chi connectivity index (χ1v) is 8.50. The SMILES string of the molecule is CCC(C)(C)C(=O)Nc1nnc(CCCc2ccccc2)s1. The van der Waals surface area contributed by atoms with Crippen LogP contribution in [-0.2, 0) is 17.6 Å². The first kappa shape index (κ1) is 16.6. The van der Waals surface area contributed by atoms with Crippen LogP contribution in [0, 0.1) is 5.41 Å². The third-order valence-electron chi connectivity index (χ3n) is 3.88. The van der Waals surface area contributed by atoms with Crippen LogP contribution in [0.2, 0.25) is 0 Å². The van der Waals surface area contributed by atoms with Crippen molar-refractivity contribution in [1.82, 2.24) is 10.2 Å². The summed E-state index contributed by atoms with van der Waals surface area (Å²) in [7, 11) is 0. The lowest BCUT2D eigenvalue weighted by Gasteiger charge is -2.20. The molecule has 2 rings (SSSR count). The Morgan fingerprint density at radius 2 is 1.91 bits per heavy atom. The predicted molar refractivity (Wildman–Crippen MR) is 91.1 cm³/mol. The van der Waals surface area contributed by atoms with Crippen LogP contribution < -0.4 is 5.32 Å². The number of benzene rings is 1. The topological polar surface area (TPSA) is 54.9 Å². The van der Waals surface area contributed by atoms with E-state index >= 15 is 0 Å². The van der Waals surface area contributed by atoms with Crippen LogP contribution in [0.15, 0.2) is 30.3 Å². The third-order valence-corrected chi connectivity index (χ3v) is 4.78. The number of aryl methyl sites for hydroxylation is 2. The van der Waals surface area contributed by atoms with E-state index in [1.165, 1.54) is 16.9 Å². The Kier molecular flexibility index (Phi) is 5.66. The van der Waals surface area contributed by atoms with Gasteiger partial charge in [0.15, 0.2) is 0 Å². The third kappa shape index (κ3) is 4.63. The minimum atomic E-state index is -0.376. The minimum Gasteiger partial charge on any atom is -0.300 e. The Hall–Kier alpha value is -1.75. The summed E-state index contributed by atoms with van der Waals surface area (Å²) in [5.41, 5.74) is 0.962. The summed E-state index contributed by atoms with van der Waals surface area (Å²) in [5.74, 6) is 0.00184.